The Kier molecular flexibility index (Phi) is 4.52. The molecule has 100 valence electrons. The van der Waals surface area contributed by atoms with Crippen LogP contribution in [0.2, 0.25) is 15.2 Å². The number of benzene rings is 1. The number of rotatable bonds is 3. The van der Waals surface area contributed by atoms with Gasteiger partial charge < -0.3 is 10.1 Å². The Balaban J connectivity index is 2.26. The molecule has 2 rings (SSSR count). The molecule has 1 N–H and O–H groups in total. The van der Waals surface area contributed by atoms with Crippen molar-refractivity contribution in [2.24, 2.45) is 0 Å². The van der Waals surface area contributed by atoms with Crippen molar-refractivity contribution in [2.75, 3.05) is 12.4 Å². The molecular weight excluding hydrogens is 331 g/mol. The van der Waals surface area contributed by atoms with Crippen LogP contribution >= 0.6 is 46.1 Å². The van der Waals surface area contributed by atoms with Crippen molar-refractivity contribution in [3.63, 3.8) is 0 Å². The van der Waals surface area contributed by atoms with E-state index in [0.717, 1.165) is 11.3 Å². The van der Waals surface area contributed by atoms with Gasteiger partial charge in [0, 0.05) is 15.7 Å². The van der Waals surface area contributed by atoms with Crippen LogP contribution in [0.5, 0.6) is 0 Å². The minimum atomic E-state index is -0.528. The highest BCUT2D eigenvalue weighted by Gasteiger charge is 2.17. The number of anilines is 2. The molecule has 8 heteroatoms. The second-order valence-corrected chi connectivity index (χ2v) is 5.64. The number of aromatic nitrogens is 1. The number of thiazole rings is 1. The van der Waals surface area contributed by atoms with Crippen LogP contribution in [-0.2, 0) is 4.74 Å². The van der Waals surface area contributed by atoms with Gasteiger partial charge >= 0.3 is 5.97 Å². The number of nitrogens with zero attached hydrogens (tertiary/aromatic N) is 1. The third kappa shape index (κ3) is 3.51. The van der Waals surface area contributed by atoms with E-state index >= 15 is 0 Å². The van der Waals surface area contributed by atoms with Gasteiger partial charge in [0.05, 0.1) is 7.11 Å². The molecule has 0 unspecified atom stereocenters. The Morgan fingerprint density at radius 1 is 1.26 bits per heavy atom. The molecule has 1 aromatic heterocycles. The zero-order valence-corrected chi connectivity index (χ0v) is 12.6. The molecule has 0 saturated heterocycles. The number of esters is 1. The molecule has 0 amide bonds. The molecule has 0 spiro atoms. The molecule has 0 aliphatic rings. The normalized spacial score (nSPS) is 10.3. The first-order chi connectivity index (χ1) is 8.99. The molecule has 0 atom stereocenters. The predicted molar refractivity (Wildman–Crippen MR) is 78.2 cm³/mol. The van der Waals surface area contributed by atoms with Crippen LogP contribution in [0.4, 0.5) is 10.8 Å². The van der Waals surface area contributed by atoms with E-state index < -0.39 is 5.97 Å². The van der Waals surface area contributed by atoms with Crippen LogP contribution in [0.15, 0.2) is 18.2 Å². The topological polar surface area (TPSA) is 51.2 Å². The lowest BCUT2D eigenvalue weighted by molar-refractivity contribution is 0.0606. The van der Waals surface area contributed by atoms with Crippen LogP contribution < -0.4 is 5.32 Å². The van der Waals surface area contributed by atoms with Gasteiger partial charge in [-0.1, -0.05) is 46.1 Å². The van der Waals surface area contributed by atoms with Crippen LogP contribution in [0.25, 0.3) is 0 Å². The number of hydrogen-bond donors (Lipinski definition) is 1. The first-order valence-electron chi connectivity index (χ1n) is 4.97. The van der Waals surface area contributed by atoms with E-state index in [1.165, 1.54) is 7.11 Å². The molecule has 0 radical (unpaired) electrons. The maximum Gasteiger partial charge on any atom is 0.351 e. The molecule has 0 fully saturated rings. The molecule has 1 aromatic carbocycles. The van der Waals surface area contributed by atoms with Crippen molar-refractivity contribution in [2.45, 2.75) is 0 Å². The number of hydrogen-bond acceptors (Lipinski definition) is 5. The van der Waals surface area contributed by atoms with Gasteiger partial charge in [-0.3, -0.25) is 0 Å². The average molecular weight is 338 g/mol. The van der Waals surface area contributed by atoms with Gasteiger partial charge in [0.1, 0.15) is 0 Å². The number of carbonyl (C=O) groups is 1. The summed E-state index contributed by atoms with van der Waals surface area (Å²) in [6.45, 7) is 0. The highest BCUT2D eigenvalue weighted by atomic mass is 35.5. The zero-order valence-electron chi connectivity index (χ0n) is 9.54. The summed E-state index contributed by atoms with van der Waals surface area (Å²) >= 11 is 18.7. The van der Waals surface area contributed by atoms with E-state index in [4.69, 9.17) is 34.8 Å². The van der Waals surface area contributed by atoms with Gasteiger partial charge in [0.2, 0.25) is 0 Å². The Morgan fingerprint density at radius 3 is 2.47 bits per heavy atom. The molecule has 0 aliphatic carbocycles. The van der Waals surface area contributed by atoms with Crippen LogP contribution in [0.1, 0.15) is 9.67 Å². The first kappa shape index (κ1) is 14.4. The van der Waals surface area contributed by atoms with E-state index in [1.807, 2.05) is 0 Å². The quantitative estimate of drug-likeness (QED) is 0.829. The largest absolute Gasteiger partial charge is 0.465 e. The average Bonchev–Trinajstić information content (AvgIpc) is 2.68. The van der Waals surface area contributed by atoms with E-state index in [9.17, 15) is 4.79 Å². The number of halogens is 3. The van der Waals surface area contributed by atoms with E-state index in [-0.39, 0.29) is 10.0 Å². The van der Waals surface area contributed by atoms with Crippen molar-refractivity contribution < 1.29 is 9.53 Å². The van der Waals surface area contributed by atoms with Gasteiger partial charge in [-0.15, -0.1) is 0 Å². The Labute approximate surface area is 128 Å². The van der Waals surface area contributed by atoms with Gasteiger partial charge in [-0.25, -0.2) is 9.78 Å². The Morgan fingerprint density at radius 2 is 1.89 bits per heavy atom. The minimum Gasteiger partial charge on any atom is -0.465 e. The van der Waals surface area contributed by atoms with Crippen molar-refractivity contribution in [1.82, 2.24) is 4.98 Å². The van der Waals surface area contributed by atoms with Crippen molar-refractivity contribution in [3.8, 4) is 0 Å². The second kappa shape index (κ2) is 5.96. The van der Waals surface area contributed by atoms with E-state index in [0.29, 0.717) is 20.9 Å². The van der Waals surface area contributed by atoms with Crippen molar-refractivity contribution >= 4 is 62.9 Å². The summed E-state index contributed by atoms with van der Waals surface area (Å²) in [7, 11) is 1.28. The summed E-state index contributed by atoms with van der Waals surface area (Å²) in [5.74, 6) is -0.528. The summed E-state index contributed by atoms with van der Waals surface area (Å²) in [6.07, 6.45) is 0. The fourth-order valence-corrected chi connectivity index (χ4v) is 2.97. The lowest BCUT2D eigenvalue weighted by Crippen LogP contribution is -1.98. The standard InChI is InChI=1S/C11H7Cl3N2O2S/c1-18-10(17)8-9(14)16-11(19-8)15-7-3-5(12)2-6(13)4-7/h2-4H,1H3,(H,15,16). The maximum absolute atomic E-state index is 11.4. The minimum absolute atomic E-state index is 0.0903. The Bertz CT molecular complexity index is 610. The van der Waals surface area contributed by atoms with Gasteiger partial charge in [-0.05, 0) is 18.2 Å². The van der Waals surface area contributed by atoms with E-state index in [2.05, 4.69) is 15.0 Å². The molecule has 2 aromatic rings. The van der Waals surface area contributed by atoms with Gasteiger partial charge in [0.15, 0.2) is 15.2 Å². The van der Waals surface area contributed by atoms with Crippen LogP contribution in [0, 0.1) is 0 Å². The predicted octanol–water partition coefficient (Wildman–Crippen LogP) is 4.63. The molecule has 4 nitrogen and oxygen atoms in total. The second-order valence-electron chi connectivity index (χ2n) is 3.41. The lowest BCUT2D eigenvalue weighted by Gasteiger charge is -2.03. The number of nitrogens with one attached hydrogen (secondary N) is 1. The summed E-state index contributed by atoms with van der Waals surface area (Å²) < 4.78 is 4.60. The first-order valence-corrected chi connectivity index (χ1v) is 6.92. The monoisotopic (exact) mass is 336 g/mol. The fourth-order valence-electron chi connectivity index (χ4n) is 1.32. The molecular formula is C11H7Cl3N2O2S. The lowest BCUT2D eigenvalue weighted by atomic mass is 10.3. The highest BCUT2D eigenvalue weighted by Crippen LogP contribution is 2.31. The van der Waals surface area contributed by atoms with Gasteiger partial charge in [-0.2, -0.15) is 0 Å². The third-order valence-electron chi connectivity index (χ3n) is 2.07. The van der Waals surface area contributed by atoms with Crippen molar-refractivity contribution in [1.29, 1.82) is 0 Å². The summed E-state index contributed by atoms with van der Waals surface area (Å²) in [5.41, 5.74) is 0.652. The number of ether oxygens (including phenoxy) is 1. The molecule has 0 saturated carbocycles. The van der Waals surface area contributed by atoms with E-state index in [1.54, 1.807) is 18.2 Å². The third-order valence-corrected chi connectivity index (χ3v) is 3.84. The highest BCUT2D eigenvalue weighted by molar-refractivity contribution is 7.18. The molecule has 1 heterocycles. The smallest absolute Gasteiger partial charge is 0.351 e. The van der Waals surface area contributed by atoms with Crippen LogP contribution in [-0.4, -0.2) is 18.1 Å². The molecule has 19 heavy (non-hydrogen) atoms. The zero-order chi connectivity index (χ0) is 14.0. The summed E-state index contributed by atoms with van der Waals surface area (Å²) in [6, 6.07) is 4.98. The summed E-state index contributed by atoms with van der Waals surface area (Å²) in [5, 5.41) is 4.49. The van der Waals surface area contributed by atoms with Gasteiger partial charge in [0.25, 0.3) is 0 Å². The number of methoxy groups -OCH3 is 1. The molecule has 0 bridgehead atoms. The fraction of sp³-hybridized carbons (Fsp3) is 0.0909. The molecule has 0 aliphatic heterocycles. The summed E-state index contributed by atoms with van der Waals surface area (Å²) in [4.78, 5) is 15.7. The SMILES string of the molecule is COC(=O)c1sc(Nc2cc(Cl)cc(Cl)c2)nc1Cl. The maximum atomic E-state index is 11.4. The number of carbonyl (C=O) groups excluding carboxylic acids is 1. The van der Waals surface area contributed by atoms with Crippen molar-refractivity contribution in [3.05, 3.63) is 38.3 Å². The van der Waals surface area contributed by atoms with Crippen LogP contribution in [0.3, 0.4) is 0 Å². The Hall–Kier alpha value is -1.01.